The topological polar surface area (TPSA) is 59.1 Å². The van der Waals surface area contributed by atoms with E-state index in [-0.39, 0.29) is 36.8 Å². The highest BCUT2D eigenvalue weighted by Crippen LogP contribution is 2.34. The van der Waals surface area contributed by atoms with Crippen LogP contribution in [0.2, 0.25) is 0 Å². The average Bonchev–Trinajstić information content (AvgIpc) is 3.55. The zero-order valence-electron chi connectivity index (χ0n) is 18.9. The van der Waals surface area contributed by atoms with Crippen molar-refractivity contribution in [3.63, 3.8) is 0 Å². The van der Waals surface area contributed by atoms with Crippen molar-refractivity contribution in [1.82, 2.24) is 9.80 Å². The Morgan fingerprint density at radius 2 is 1.97 bits per heavy atom. The lowest BCUT2D eigenvalue weighted by molar-refractivity contribution is -0.135. The van der Waals surface area contributed by atoms with Gasteiger partial charge in [-0.05, 0) is 65.6 Å². The van der Waals surface area contributed by atoms with E-state index in [1.54, 1.807) is 41.5 Å². The van der Waals surface area contributed by atoms with Gasteiger partial charge in [0.1, 0.15) is 24.7 Å². The first kappa shape index (κ1) is 24.4. The van der Waals surface area contributed by atoms with Gasteiger partial charge in [0.05, 0.1) is 10.9 Å². The standard InChI is InChI=1S/C25H27FN2O4S2/c1-31-13-3-11-27(25(30)23-4-2-14-33-23)16-24(29)28-12-9-22-20(10-15-34-22)21(28)17-32-19-7-5-18(26)6-8-19/h2,4-8,10,14-15,21H,3,9,11-13,16-17H2,1H3/t21-/m1/s1. The van der Waals surface area contributed by atoms with Gasteiger partial charge in [0.15, 0.2) is 0 Å². The maximum Gasteiger partial charge on any atom is 0.264 e. The van der Waals surface area contributed by atoms with Crippen molar-refractivity contribution < 1.29 is 23.5 Å². The Hall–Kier alpha value is -2.75. The zero-order valence-corrected chi connectivity index (χ0v) is 20.6. The van der Waals surface area contributed by atoms with Gasteiger partial charge in [0, 0.05) is 31.7 Å². The molecule has 3 heterocycles. The Labute approximate surface area is 206 Å². The van der Waals surface area contributed by atoms with Crippen LogP contribution in [-0.4, -0.2) is 61.6 Å². The quantitative estimate of drug-likeness (QED) is 0.379. The van der Waals surface area contributed by atoms with Crippen LogP contribution in [-0.2, 0) is 16.0 Å². The molecule has 6 nitrogen and oxygen atoms in total. The molecule has 0 bridgehead atoms. The van der Waals surface area contributed by atoms with Gasteiger partial charge >= 0.3 is 0 Å². The third-order valence-electron chi connectivity index (χ3n) is 5.76. The lowest BCUT2D eigenvalue weighted by atomic mass is 10.0. The maximum absolute atomic E-state index is 13.5. The molecule has 9 heteroatoms. The molecule has 0 spiro atoms. The number of hydrogen-bond acceptors (Lipinski definition) is 6. The molecule has 0 unspecified atom stereocenters. The van der Waals surface area contributed by atoms with E-state index in [4.69, 9.17) is 9.47 Å². The monoisotopic (exact) mass is 502 g/mol. The van der Waals surface area contributed by atoms with Crippen molar-refractivity contribution in [2.24, 2.45) is 0 Å². The molecule has 180 valence electrons. The van der Waals surface area contributed by atoms with E-state index in [1.165, 1.54) is 28.3 Å². The van der Waals surface area contributed by atoms with Crippen LogP contribution in [0.3, 0.4) is 0 Å². The van der Waals surface area contributed by atoms with Gasteiger partial charge in [-0.1, -0.05) is 6.07 Å². The first-order chi connectivity index (χ1) is 16.6. The summed E-state index contributed by atoms with van der Waals surface area (Å²) in [7, 11) is 1.62. The Balaban J connectivity index is 1.50. The van der Waals surface area contributed by atoms with Crippen molar-refractivity contribution >= 4 is 34.5 Å². The number of fused-ring (bicyclic) bond motifs is 1. The Morgan fingerprint density at radius 3 is 2.71 bits per heavy atom. The fourth-order valence-electron chi connectivity index (χ4n) is 4.04. The molecule has 2 amide bonds. The second kappa shape index (κ2) is 11.6. The third-order valence-corrected chi connectivity index (χ3v) is 7.61. The molecule has 34 heavy (non-hydrogen) atoms. The molecular weight excluding hydrogens is 475 g/mol. The summed E-state index contributed by atoms with van der Waals surface area (Å²) in [5.74, 6) is -0.0465. The van der Waals surface area contributed by atoms with Crippen LogP contribution in [0.1, 0.15) is 32.6 Å². The molecule has 1 aliphatic rings. The highest BCUT2D eigenvalue weighted by Gasteiger charge is 2.33. The van der Waals surface area contributed by atoms with E-state index in [2.05, 4.69) is 0 Å². The second-order valence-corrected chi connectivity index (χ2v) is 9.92. The zero-order chi connectivity index (χ0) is 23.9. The highest BCUT2D eigenvalue weighted by atomic mass is 32.1. The van der Waals surface area contributed by atoms with Gasteiger partial charge < -0.3 is 19.3 Å². The number of hydrogen-bond donors (Lipinski definition) is 0. The molecular formula is C25H27FN2O4S2. The average molecular weight is 503 g/mol. The normalized spacial score (nSPS) is 15.1. The summed E-state index contributed by atoms with van der Waals surface area (Å²) in [5.41, 5.74) is 1.07. The number of thiophene rings is 2. The minimum Gasteiger partial charge on any atom is -0.491 e. The van der Waals surface area contributed by atoms with Gasteiger partial charge in [0.25, 0.3) is 5.91 Å². The van der Waals surface area contributed by atoms with Crippen molar-refractivity contribution in [2.75, 3.05) is 40.0 Å². The molecule has 2 aromatic heterocycles. The van der Waals surface area contributed by atoms with Crippen molar-refractivity contribution in [1.29, 1.82) is 0 Å². The van der Waals surface area contributed by atoms with E-state index in [1.807, 2.05) is 27.8 Å². The number of rotatable bonds is 10. The molecule has 1 aromatic carbocycles. The fourth-order valence-corrected chi connectivity index (χ4v) is 5.66. The molecule has 0 fully saturated rings. The van der Waals surface area contributed by atoms with Crippen LogP contribution in [0, 0.1) is 5.82 Å². The predicted molar refractivity (Wildman–Crippen MR) is 131 cm³/mol. The molecule has 0 saturated carbocycles. The molecule has 4 rings (SSSR count). The summed E-state index contributed by atoms with van der Waals surface area (Å²) < 4.78 is 24.3. The Morgan fingerprint density at radius 1 is 1.15 bits per heavy atom. The SMILES string of the molecule is COCCCN(CC(=O)N1CCc2sccc2[C@H]1COc1ccc(F)cc1)C(=O)c1cccs1. The van der Waals surface area contributed by atoms with Crippen molar-refractivity contribution in [3.8, 4) is 5.75 Å². The molecule has 1 atom stereocenters. The van der Waals surface area contributed by atoms with E-state index in [0.717, 1.165) is 12.0 Å². The second-order valence-electron chi connectivity index (χ2n) is 7.97. The van der Waals surface area contributed by atoms with Crippen molar-refractivity contribution in [3.05, 3.63) is 74.4 Å². The first-order valence-corrected chi connectivity index (χ1v) is 12.9. The van der Waals surface area contributed by atoms with E-state index in [0.29, 0.717) is 36.7 Å². The third kappa shape index (κ3) is 5.84. The highest BCUT2D eigenvalue weighted by molar-refractivity contribution is 7.12. The van der Waals surface area contributed by atoms with Crippen LogP contribution in [0.15, 0.2) is 53.2 Å². The molecule has 0 saturated heterocycles. The number of carbonyl (C=O) groups is 2. The number of nitrogens with zero attached hydrogens (tertiary/aromatic N) is 2. The molecule has 0 aliphatic carbocycles. The van der Waals surface area contributed by atoms with Crippen molar-refractivity contribution in [2.45, 2.75) is 18.9 Å². The number of benzene rings is 1. The minimum absolute atomic E-state index is 0.00698. The van der Waals surface area contributed by atoms with Crippen LogP contribution in [0.5, 0.6) is 5.75 Å². The number of amides is 2. The molecule has 3 aromatic rings. The smallest absolute Gasteiger partial charge is 0.264 e. The molecule has 1 aliphatic heterocycles. The summed E-state index contributed by atoms with van der Waals surface area (Å²) in [6.07, 6.45) is 1.42. The first-order valence-electron chi connectivity index (χ1n) is 11.1. The molecule has 0 N–H and O–H groups in total. The van der Waals surface area contributed by atoms with Gasteiger partial charge in [-0.15, -0.1) is 22.7 Å². The number of carbonyl (C=O) groups excluding carboxylic acids is 2. The number of ether oxygens (including phenoxy) is 2. The van der Waals surface area contributed by atoms with Gasteiger partial charge in [0.2, 0.25) is 5.91 Å². The Kier molecular flexibility index (Phi) is 8.31. The van der Waals surface area contributed by atoms with Gasteiger partial charge in [-0.2, -0.15) is 0 Å². The maximum atomic E-state index is 13.5. The number of halogens is 1. The summed E-state index contributed by atoms with van der Waals surface area (Å²) in [4.78, 5) is 31.8. The lowest BCUT2D eigenvalue weighted by Gasteiger charge is -2.37. The number of methoxy groups -OCH3 is 1. The van der Waals surface area contributed by atoms with Gasteiger partial charge in [-0.25, -0.2) is 4.39 Å². The van der Waals surface area contributed by atoms with Gasteiger partial charge in [-0.3, -0.25) is 9.59 Å². The summed E-state index contributed by atoms with van der Waals surface area (Å²) in [6.45, 7) is 1.75. The largest absolute Gasteiger partial charge is 0.491 e. The van der Waals surface area contributed by atoms with E-state index >= 15 is 0 Å². The fraction of sp³-hybridized carbons (Fsp3) is 0.360. The van der Waals surface area contributed by atoms with E-state index in [9.17, 15) is 14.0 Å². The summed E-state index contributed by atoms with van der Waals surface area (Å²) in [5, 5.41) is 3.88. The molecule has 0 radical (unpaired) electrons. The Bertz CT molecular complexity index is 1080. The van der Waals surface area contributed by atoms with Crippen LogP contribution in [0.25, 0.3) is 0 Å². The lowest BCUT2D eigenvalue weighted by Crippen LogP contribution is -2.48. The van der Waals surface area contributed by atoms with Crippen LogP contribution in [0.4, 0.5) is 4.39 Å². The summed E-state index contributed by atoms with van der Waals surface area (Å²) in [6, 6.07) is 11.2. The van der Waals surface area contributed by atoms with Crippen LogP contribution >= 0.6 is 22.7 Å². The van der Waals surface area contributed by atoms with Crippen LogP contribution < -0.4 is 4.74 Å². The predicted octanol–water partition coefficient (Wildman–Crippen LogP) is 4.63. The summed E-state index contributed by atoms with van der Waals surface area (Å²) >= 11 is 3.04. The minimum atomic E-state index is -0.328. The van der Waals surface area contributed by atoms with E-state index < -0.39 is 0 Å².